The topological polar surface area (TPSA) is 90.8 Å². The summed E-state index contributed by atoms with van der Waals surface area (Å²) < 4.78 is 39.4. The van der Waals surface area contributed by atoms with E-state index in [0.29, 0.717) is 29.6 Å². The molecule has 0 radical (unpaired) electrons. The zero-order chi connectivity index (χ0) is 24.1. The van der Waals surface area contributed by atoms with E-state index in [2.05, 4.69) is 4.98 Å². The molecule has 0 spiro atoms. The van der Waals surface area contributed by atoms with Gasteiger partial charge in [-0.3, -0.25) is 14.1 Å². The number of phenols is 1. The van der Waals surface area contributed by atoms with Gasteiger partial charge >= 0.3 is 0 Å². The molecule has 0 aliphatic carbocycles. The Morgan fingerprint density at radius 2 is 1.88 bits per heavy atom. The number of carbonyl (C=O) groups is 1. The van der Waals surface area contributed by atoms with E-state index in [0.717, 1.165) is 21.7 Å². The molecule has 1 N–H and O–H groups in total. The first-order chi connectivity index (χ1) is 15.5. The molecule has 9 heteroatoms. The van der Waals surface area contributed by atoms with E-state index in [4.69, 9.17) is 0 Å². The minimum atomic E-state index is -3.66. The van der Waals surface area contributed by atoms with E-state index in [1.54, 1.807) is 29.3 Å². The second-order valence-electron chi connectivity index (χ2n) is 8.90. The Morgan fingerprint density at radius 1 is 1.21 bits per heavy atom. The van der Waals surface area contributed by atoms with Gasteiger partial charge in [0.25, 0.3) is 5.91 Å². The molecular formula is C24H26FN3O4S. The van der Waals surface area contributed by atoms with Crippen LogP contribution in [-0.2, 0) is 23.0 Å². The lowest BCUT2D eigenvalue weighted by molar-refractivity contribution is 0.0758. The van der Waals surface area contributed by atoms with Gasteiger partial charge in [0.15, 0.2) is 5.75 Å². The second-order valence-corrected chi connectivity index (χ2v) is 10.9. The molecule has 33 heavy (non-hydrogen) atoms. The third-order valence-corrected chi connectivity index (χ3v) is 7.00. The van der Waals surface area contributed by atoms with Crippen LogP contribution in [0.25, 0.3) is 10.9 Å². The number of halogens is 1. The highest BCUT2D eigenvalue weighted by atomic mass is 32.2. The Labute approximate surface area is 192 Å². The average molecular weight is 472 g/mol. The van der Waals surface area contributed by atoms with Crippen molar-refractivity contribution >= 4 is 32.5 Å². The normalized spacial score (nSPS) is 13.8. The Bertz CT molecular complexity index is 1350. The van der Waals surface area contributed by atoms with Crippen molar-refractivity contribution in [2.45, 2.75) is 26.8 Å². The summed E-state index contributed by atoms with van der Waals surface area (Å²) in [6.45, 7) is 4.65. The van der Waals surface area contributed by atoms with Crippen molar-refractivity contribution in [3.05, 3.63) is 64.6 Å². The number of sulfonamides is 1. The Kier molecular flexibility index (Phi) is 5.78. The molecule has 3 aromatic rings. The van der Waals surface area contributed by atoms with Gasteiger partial charge in [0, 0.05) is 37.3 Å². The number of carbonyl (C=O) groups excluding carboxylic acids is 1. The zero-order valence-corrected chi connectivity index (χ0v) is 19.8. The SMILES string of the molecule is CC(C)CN1Cc2c(c(O)c3ncc(Cc4ccc(F)cc4)cc3c2N(C)S(C)(=O)=O)C1=O. The summed E-state index contributed by atoms with van der Waals surface area (Å²) in [5.41, 5.74) is 2.71. The first kappa shape index (κ1) is 23.0. The predicted octanol–water partition coefficient (Wildman–Crippen LogP) is 3.68. The van der Waals surface area contributed by atoms with Gasteiger partial charge in [0.1, 0.15) is 11.3 Å². The predicted molar refractivity (Wildman–Crippen MR) is 125 cm³/mol. The summed E-state index contributed by atoms with van der Waals surface area (Å²) in [7, 11) is -2.23. The molecule has 4 rings (SSSR count). The van der Waals surface area contributed by atoms with Crippen LogP contribution in [0.5, 0.6) is 5.75 Å². The summed E-state index contributed by atoms with van der Waals surface area (Å²) in [6.07, 6.45) is 3.12. The molecule has 0 atom stereocenters. The van der Waals surface area contributed by atoms with Crippen LogP contribution >= 0.6 is 0 Å². The molecule has 0 unspecified atom stereocenters. The summed E-state index contributed by atoms with van der Waals surface area (Å²) in [5.74, 6) is -0.700. The quantitative estimate of drug-likeness (QED) is 0.592. The molecule has 0 saturated heterocycles. The van der Waals surface area contributed by atoms with Crippen LogP contribution in [0.4, 0.5) is 10.1 Å². The van der Waals surface area contributed by atoms with Gasteiger partial charge in [-0.1, -0.05) is 26.0 Å². The van der Waals surface area contributed by atoms with E-state index in [-0.39, 0.29) is 41.0 Å². The number of hydrogen-bond donors (Lipinski definition) is 1. The number of phenolic OH excluding ortho intramolecular Hbond substituents is 1. The van der Waals surface area contributed by atoms with Gasteiger partial charge in [0.2, 0.25) is 10.0 Å². The molecule has 174 valence electrons. The Morgan fingerprint density at radius 3 is 2.48 bits per heavy atom. The van der Waals surface area contributed by atoms with Crippen LogP contribution in [0.3, 0.4) is 0 Å². The smallest absolute Gasteiger partial charge is 0.258 e. The summed E-state index contributed by atoms with van der Waals surface area (Å²) >= 11 is 0. The fourth-order valence-corrected chi connectivity index (χ4v) is 4.81. The molecule has 1 aliphatic rings. The largest absolute Gasteiger partial charge is 0.505 e. The fourth-order valence-electron chi connectivity index (χ4n) is 4.27. The molecule has 7 nitrogen and oxygen atoms in total. The van der Waals surface area contributed by atoms with E-state index in [1.807, 2.05) is 13.8 Å². The lowest BCUT2D eigenvalue weighted by Crippen LogP contribution is -2.28. The van der Waals surface area contributed by atoms with Crippen molar-refractivity contribution in [1.82, 2.24) is 9.88 Å². The molecule has 0 bridgehead atoms. The van der Waals surface area contributed by atoms with E-state index < -0.39 is 10.0 Å². The second kappa shape index (κ2) is 8.30. The highest BCUT2D eigenvalue weighted by molar-refractivity contribution is 7.92. The first-order valence-corrected chi connectivity index (χ1v) is 12.5. The number of nitrogens with zero attached hydrogens (tertiary/aromatic N) is 3. The summed E-state index contributed by atoms with van der Waals surface area (Å²) in [6, 6.07) is 7.87. The van der Waals surface area contributed by atoms with Crippen molar-refractivity contribution in [3.63, 3.8) is 0 Å². The van der Waals surface area contributed by atoms with Crippen molar-refractivity contribution < 1.29 is 22.7 Å². The molecule has 0 fully saturated rings. The van der Waals surface area contributed by atoms with Crippen molar-refractivity contribution in [1.29, 1.82) is 0 Å². The van der Waals surface area contributed by atoms with Gasteiger partial charge < -0.3 is 10.0 Å². The van der Waals surface area contributed by atoms with Crippen LogP contribution in [-0.4, -0.2) is 49.2 Å². The highest BCUT2D eigenvalue weighted by Gasteiger charge is 2.37. The molecule has 1 aliphatic heterocycles. The monoisotopic (exact) mass is 471 g/mol. The van der Waals surface area contributed by atoms with Gasteiger partial charge in [-0.25, -0.2) is 12.8 Å². The highest BCUT2D eigenvalue weighted by Crippen LogP contribution is 2.44. The zero-order valence-electron chi connectivity index (χ0n) is 19.0. The molecule has 0 saturated carbocycles. The lowest BCUT2D eigenvalue weighted by atomic mass is 9.98. The number of rotatable bonds is 6. The molecular weight excluding hydrogens is 445 g/mol. The number of hydrogen-bond acceptors (Lipinski definition) is 5. The van der Waals surface area contributed by atoms with Crippen LogP contribution in [0, 0.1) is 11.7 Å². The number of benzene rings is 2. The van der Waals surface area contributed by atoms with Crippen LogP contribution < -0.4 is 4.31 Å². The minimum absolute atomic E-state index is 0.104. The molecule has 2 aromatic carbocycles. The minimum Gasteiger partial charge on any atom is -0.505 e. The van der Waals surface area contributed by atoms with Gasteiger partial charge in [0.05, 0.1) is 17.5 Å². The lowest BCUT2D eigenvalue weighted by Gasteiger charge is -2.23. The standard InChI is InChI=1S/C24H26FN3O4S/c1-14(2)12-28-13-19-20(24(28)30)23(29)21-18(22(19)27(3)33(4,31)32)10-16(11-26-21)9-15-5-7-17(25)8-6-15/h5-8,10-11,14,29H,9,12-13H2,1-4H3. The average Bonchev–Trinajstić information content (AvgIpc) is 3.04. The van der Waals surface area contributed by atoms with Gasteiger partial charge in [-0.2, -0.15) is 0 Å². The van der Waals surface area contributed by atoms with Gasteiger partial charge in [-0.15, -0.1) is 0 Å². The summed E-state index contributed by atoms with van der Waals surface area (Å²) in [5, 5.41) is 11.4. The van der Waals surface area contributed by atoms with Crippen molar-refractivity contribution in [2.24, 2.45) is 5.92 Å². The Hall–Kier alpha value is -3.20. The number of aromatic hydroxyl groups is 1. The maximum absolute atomic E-state index is 13.3. The van der Waals surface area contributed by atoms with Crippen LogP contribution in [0.1, 0.15) is 40.9 Å². The number of pyridine rings is 1. The molecule has 1 aromatic heterocycles. The number of anilines is 1. The number of amides is 1. The molecule has 2 heterocycles. The fraction of sp³-hybridized carbons (Fsp3) is 0.333. The van der Waals surface area contributed by atoms with E-state index >= 15 is 0 Å². The van der Waals surface area contributed by atoms with Crippen LogP contribution in [0.15, 0.2) is 36.5 Å². The number of fused-ring (bicyclic) bond motifs is 2. The van der Waals surface area contributed by atoms with E-state index in [1.165, 1.54) is 19.2 Å². The molecule has 1 amide bonds. The van der Waals surface area contributed by atoms with E-state index in [9.17, 15) is 22.7 Å². The third-order valence-electron chi connectivity index (χ3n) is 5.82. The maximum Gasteiger partial charge on any atom is 0.258 e. The van der Waals surface area contributed by atoms with Crippen LogP contribution in [0.2, 0.25) is 0 Å². The number of aromatic nitrogens is 1. The van der Waals surface area contributed by atoms with Crippen molar-refractivity contribution in [3.8, 4) is 5.75 Å². The summed E-state index contributed by atoms with van der Waals surface area (Å²) in [4.78, 5) is 19.1. The Balaban J connectivity index is 1.93. The van der Waals surface area contributed by atoms with Crippen molar-refractivity contribution in [2.75, 3.05) is 24.2 Å². The van der Waals surface area contributed by atoms with Gasteiger partial charge in [-0.05, 0) is 41.7 Å². The third kappa shape index (κ3) is 4.25. The first-order valence-electron chi connectivity index (χ1n) is 10.6. The maximum atomic E-state index is 13.3.